The van der Waals surface area contributed by atoms with Gasteiger partial charge in [0.15, 0.2) is 17.1 Å². The van der Waals surface area contributed by atoms with Gasteiger partial charge in [-0.25, -0.2) is 19.0 Å². The van der Waals surface area contributed by atoms with Gasteiger partial charge in [0.1, 0.15) is 5.69 Å². The van der Waals surface area contributed by atoms with Crippen LogP contribution in [0.3, 0.4) is 0 Å². The van der Waals surface area contributed by atoms with E-state index in [0.29, 0.717) is 22.9 Å². The van der Waals surface area contributed by atoms with Crippen molar-refractivity contribution in [3.63, 3.8) is 0 Å². The maximum absolute atomic E-state index is 5.03. The number of benzene rings is 4. The molecule has 47 heavy (non-hydrogen) atoms. The quantitative estimate of drug-likeness (QED) is 0.177. The molecule has 5 heterocycles. The van der Waals surface area contributed by atoms with Crippen molar-refractivity contribution in [1.29, 1.82) is 0 Å². The minimum absolute atomic E-state index is 0.519. The third kappa shape index (κ3) is 4.21. The fraction of sp³-hybridized carbons (Fsp3) is 0. The second-order valence-corrected chi connectivity index (χ2v) is 11.4. The van der Waals surface area contributed by atoms with Crippen molar-refractivity contribution in [2.75, 3.05) is 0 Å². The predicted octanol–water partition coefficient (Wildman–Crippen LogP) is 9.11. The van der Waals surface area contributed by atoms with Crippen molar-refractivity contribution >= 4 is 49.4 Å². The number of para-hydroxylation sites is 2. The first-order valence-electron chi connectivity index (χ1n) is 15.4. The lowest BCUT2D eigenvalue weighted by molar-refractivity contribution is 0.925. The molecule has 0 bridgehead atoms. The Hall–Kier alpha value is -6.60. The van der Waals surface area contributed by atoms with Gasteiger partial charge < -0.3 is 4.57 Å². The number of pyridine rings is 2. The van der Waals surface area contributed by atoms with E-state index in [0.717, 1.165) is 50.0 Å². The molecule has 0 aliphatic carbocycles. The minimum Gasteiger partial charge on any atom is -0.309 e. The van der Waals surface area contributed by atoms with Gasteiger partial charge in [0, 0.05) is 39.2 Å². The van der Waals surface area contributed by atoms with E-state index in [4.69, 9.17) is 20.2 Å². The number of aromatic nitrogens is 7. The van der Waals surface area contributed by atoms with E-state index < -0.39 is 0 Å². The molecule has 0 saturated carbocycles. The second-order valence-electron chi connectivity index (χ2n) is 11.4. The largest absolute Gasteiger partial charge is 0.309 e. The monoisotopic (exact) mass is 605 g/mol. The van der Waals surface area contributed by atoms with Gasteiger partial charge in [-0.15, -0.1) is 10.2 Å². The SMILES string of the molecule is C=C/C=C\C(=C)c1nc2c(-c3ccc4c5ccccc5n(-c5ccccc5)c4c3)ccc(-c3nc4c5ccccc5ccn4n3)n2n1. The molecule has 0 N–H and O–H groups in total. The molecule has 0 saturated heterocycles. The first-order valence-corrected chi connectivity index (χ1v) is 15.4. The Bertz CT molecular complexity index is 2720. The smallest absolute Gasteiger partial charge is 0.200 e. The molecule has 0 amide bonds. The van der Waals surface area contributed by atoms with Gasteiger partial charge >= 0.3 is 0 Å². The second kappa shape index (κ2) is 10.5. The van der Waals surface area contributed by atoms with Gasteiger partial charge in [-0.3, -0.25) is 0 Å². The summed E-state index contributed by atoms with van der Waals surface area (Å²) in [6, 6.07) is 40.0. The summed E-state index contributed by atoms with van der Waals surface area (Å²) in [6.07, 6.45) is 7.35. The van der Waals surface area contributed by atoms with Gasteiger partial charge in [-0.05, 0) is 53.4 Å². The highest BCUT2D eigenvalue weighted by Crippen LogP contribution is 2.36. The summed E-state index contributed by atoms with van der Waals surface area (Å²) in [6.45, 7) is 8.02. The molecular formula is C40H27N7. The zero-order valence-corrected chi connectivity index (χ0v) is 25.3. The van der Waals surface area contributed by atoms with Crippen molar-refractivity contribution in [2.24, 2.45) is 0 Å². The van der Waals surface area contributed by atoms with E-state index in [1.165, 1.54) is 10.8 Å². The standard InChI is InChI=1S/C40H27N7/c1-3-4-12-26(2)37-41-40-31(21-22-35(47(40)44-37)38-42-39-30-16-9-8-13-27(30)23-24-45(39)43-38)28-19-20-33-32-17-10-11-18-34(32)46(36(33)25-28)29-14-6-5-7-15-29/h3-25H,1-2H2/b12-4-. The van der Waals surface area contributed by atoms with Gasteiger partial charge in [-0.2, -0.15) is 0 Å². The molecule has 0 unspecified atom stereocenters. The summed E-state index contributed by atoms with van der Waals surface area (Å²) in [5.41, 5.74) is 8.23. The van der Waals surface area contributed by atoms with E-state index in [2.05, 4.69) is 103 Å². The molecule has 9 rings (SSSR count). The molecule has 5 aromatic heterocycles. The Kier molecular flexibility index (Phi) is 5.98. The van der Waals surface area contributed by atoms with Crippen LogP contribution in [0, 0.1) is 0 Å². The number of rotatable bonds is 6. The Balaban J connectivity index is 1.28. The molecule has 4 aromatic carbocycles. The third-order valence-electron chi connectivity index (χ3n) is 8.66. The highest BCUT2D eigenvalue weighted by atomic mass is 15.3. The first kappa shape index (κ1) is 26.8. The molecule has 7 nitrogen and oxygen atoms in total. The first-order chi connectivity index (χ1) is 23.2. The highest BCUT2D eigenvalue weighted by molar-refractivity contribution is 6.10. The maximum Gasteiger partial charge on any atom is 0.200 e. The van der Waals surface area contributed by atoms with Crippen LogP contribution in [0.2, 0.25) is 0 Å². The summed E-state index contributed by atoms with van der Waals surface area (Å²) < 4.78 is 5.98. The molecule has 0 atom stereocenters. The number of hydrogen-bond acceptors (Lipinski definition) is 4. The van der Waals surface area contributed by atoms with Crippen LogP contribution >= 0.6 is 0 Å². The molecule has 0 aliphatic heterocycles. The van der Waals surface area contributed by atoms with Crippen molar-refractivity contribution in [3.05, 3.63) is 159 Å². The summed E-state index contributed by atoms with van der Waals surface area (Å²) in [5.74, 6) is 1.08. The number of allylic oxidation sites excluding steroid dienone is 4. The number of hydrogen-bond donors (Lipinski definition) is 0. The molecule has 9 aromatic rings. The van der Waals surface area contributed by atoms with Crippen LogP contribution in [0.25, 0.3) is 77.8 Å². The van der Waals surface area contributed by atoms with Crippen molar-refractivity contribution in [1.82, 2.24) is 33.8 Å². The van der Waals surface area contributed by atoms with E-state index in [9.17, 15) is 0 Å². The van der Waals surface area contributed by atoms with Crippen molar-refractivity contribution < 1.29 is 0 Å². The van der Waals surface area contributed by atoms with Crippen LogP contribution in [0.15, 0.2) is 153 Å². The third-order valence-corrected chi connectivity index (χ3v) is 8.66. The zero-order chi connectivity index (χ0) is 31.5. The maximum atomic E-state index is 5.03. The van der Waals surface area contributed by atoms with Crippen LogP contribution in [-0.2, 0) is 0 Å². The van der Waals surface area contributed by atoms with Crippen molar-refractivity contribution in [3.8, 4) is 28.3 Å². The van der Waals surface area contributed by atoms with Crippen molar-refractivity contribution in [2.45, 2.75) is 0 Å². The molecule has 222 valence electrons. The normalized spacial score (nSPS) is 11.9. The molecule has 0 aliphatic rings. The minimum atomic E-state index is 0.519. The summed E-state index contributed by atoms with van der Waals surface area (Å²) in [5, 5.41) is 14.3. The van der Waals surface area contributed by atoms with Crippen LogP contribution < -0.4 is 0 Å². The molecular weight excluding hydrogens is 578 g/mol. The fourth-order valence-electron chi connectivity index (χ4n) is 6.46. The zero-order valence-electron chi connectivity index (χ0n) is 25.3. The van der Waals surface area contributed by atoms with E-state index in [1.807, 2.05) is 57.7 Å². The highest BCUT2D eigenvalue weighted by Gasteiger charge is 2.20. The Morgan fingerprint density at radius 1 is 0.681 bits per heavy atom. The Morgan fingerprint density at radius 2 is 1.47 bits per heavy atom. The molecule has 0 radical (unpaired) electrons. The summed E-state index contributed by atoms with van der Waals surface area (Å²) in [7, 11) is 0. The number of nitrogens with zero attached hydrogens (tertiary/aromatic N) is 7. The molecule has 0 fully saturated rings. The van der Waals surface area contributed by atoms with Crippen LogP contribution in [0.5, 0.6) is 0 Å². The Labute approximate surface area is 269 Å². The topological polar surface area (TPSA) is 65.3 Å². The Morgan fingerprint density at radius 3 is 2.34 bits per heavy atom. The molecule has 0 spiro atoms. The van der Waals surface area contributed by atoms with Gasteiger partial charge in [0.2, 0.25) is 5.82 Å². The van der Waals surface area contributed by atoms with Crippen LogP contribution in [-0.4, -0.2) is 33.8 Å². The predicted molar refractivity (Wildman–Crippen MR) is 191 cm³/mol. The number of fused-ring (bicyclic) bond motifs is 7. The average Bonchev–Trinajstić information content (AvgIpc) is 3.85. The van der Waals surface area contributed by atoms with Crippen LogP contribution in [0.1, 0.15) is 5.82 Å². The van der Waals surface area contributed by atoms with E-state index >= 15 is 0 Å². The molecule has 7 heteroatoms. The van der Waals surface area contributed by atoms with Crippen LogP contribution in [0.4, 0.5) is 0 Å². The average molecular weight is 606 g/mol. The lowest BCUT2D eigenvalue weighted by Gasteiger charge is -2.10. The summed E-state index contributed by atoms with van der Waals surface area (Å²) >= 11 is 0. The van der Waals surface area contributed by atoms with Gasteiger partial charge in [-0.1, -0.05) is 104 Å². The lowest BCUT2D eigenvalue weighted by Crippen LogP contribution is -1.98. The fourth-order valence-corrected chi connectivity index (χ4v) is 6.46. The van der Waals surface area contributed by atoms with E-state index in [1.54, 1.807) is 6.08 Å². The summed E-state index contributed by atoms with van der Waals surface area (Å²) in [4.78, 5) is 10.0. The van der Waals surface area contributed by atoms with Gasteiger partial charge in [0.25, 0.3) is 0 Å². The lowest BCUT2D eigenvalue weighted by atomic mass is 10.0. The van der Waals surface area contributed by atoms with E-state index in [-0.39, 0.29) is 0 Å². The van der Waals surface area contributed by atoms with Gasteiger partial charge in [0.05, 0.1) is 11.0 Å².